The fourth-order valence-electron chi connectivity index (χ4n) is 2.78. The summed E-state index contributed by atoms with van der Waals surface area (Å²) < 4.78 is 27.7. The summed E-state index contributed by atoms with van der Waals surface area (Å²) in [6.07, 6.45) is 3.53. The molecule has 0 aliphatic heterocycles. The molecule has 0 aliphatic rings. The molecular weight excluding hydrogens is 382 g/mol. The Labute approximate surface area is 162 Å². The summed E-state index contributed by atoms with van der Waals surface area (Å²) in [5.74, 6) is 0. The van der Waals surface area contributed by atoms with Crippen molar-refractivity contribution in [1.29, 1.82) is 0 Å². The molecule has 2 aromatic carbocycles. The third-order valence-corrected chi connectivity index (χ3v) is 5.62. The number of para-hydroxylation sites is 1. The quantitative estimate of drug-likeness (QED) is 0.481. The molecule has 0 unspecified atom stereocenters. The van der Waals surface area contributed by atoms with Gasteiger partial charge in [0.25, 0.3) is 5.69 Å². The van der Waals surface area contributed by atoms with Crippen molar-refractivity contribution < 1.29 is 13.3 Å². The molecule has 1 heterocycles. The Bertz CT molecular complexity index is 1100. The molecule has 0 saturated heterocycles. The lowest BCUT2D eigenvalue weighted by molar-refractivity contribution is -0.384. The first kappa shape index (κ1) is 19.5. The van der Waals surface area contributed by atoms with Crippen molar-refractivity contribution in [2.45, 2.75) is 11.4 Å². The van der Waals surface area contributed by atoms with E-state index in [9.17, 15) is 18.5 Å². The van der Waals surface area contributed by atoms with Crippen LogP contribution < -0.4 is 9.62 Å². The number of rotatable bonds is 7. The molecule has 0 radical (unpaired) electrons. The molecule has 3 aromatic rings. The van der Waals surface area contributed by atoms with Crippen LogP contribution in [0.15, 0.2) is 65.8 Å². The second-order valence-electron chi connectivity index (χ2n) is 6.10. The highest BCUT2D eigenvalue weighted by atomic mass is 32.2. The van der Waals surface area contributed by atoms with Crippen molar-refractivity contribution in [2.24, 2.45) is 0 Å². The zero-order valence-electron chi connectivity index (χ0n) is 15.3. The minimum atomic E-state index is -3.77. The van der Waals surface area contributed by atoms with Gasteiger partial charge in [0.15, 0.2) is 0 Å². The summed E-state index contributed by atoms with van der Waals surface area (Å²) in [6.45, 7) is 0.367. The monoisotopic (exact) mass is 401 g/mol. The Balaban J connectivity index is 1.87. The lowest BCUT2D eigenvalue weighted by Crippen LogP contribution is -2.20. The van der Waals surface area contributed by atoms with E-state index in [4.69, 9.17) is 0 Å². The van der Waals surface area contributed by atoms with Gasteiger partial charge in [0, 0.05) is 31.4 Å². The molecule has 0 aliphatic carbocycles. The highest BCUT2D eigenvalue weighted by Gasteiger charge is 2.22. The predicted octanol–water partition coefficient (Wildman–Crippen LogP) is 2.32. The van der Waals surface area contributed by atoms with Crippen LogP contribution in [0.2, 0.25) is 0 Å². The molecule has 1 aromatic heterocycles. The van der Waals surface area contributed by atoms with Gasteiger partial charge in [-0.2, -0.15) is 5.10 Å². The smallest absolute Gasteiger partial charge is 0.293 e. The number of sulfonamides is 1. The molecule has 3 rings (SSSR count). The number of benzene rings is 2. The molecule has 0 atom stereocenters. The Morgan fingerprint density at radius 3 is 2.57 bits per heavy atom. The van der Waals surface area contributed by atoms with Crippen molar-refractivity contribution in [1.82, 2.24) is 14.5 Å². The highest BCUT2D eigenvalue weighted by molar-refractivity contribution is 7.89. The van der Waals surface area contributed by atoms with E-state index in [-0.39, 0.29) is 10.6 Å². The average molecular weight is 401 g/mol. The van der Waals surface area contributed by atoms with Gasteiger partial charge in [-0.25, -0.2) is 17.8 Å². The van der Waals surface area contributed by atoms with Gasteiger partial charge in [0.2, 0.25) is 10.0 Å². The molecule has 0 amide bonds. The molecule has 0 saturated carbocycles. The number of nitro benzene ring substituents is 1. The third kappa shape index (κ3) is 4.02. The number of nitrogens with one attached hydrogen (secondary N) is 1. The van der Waals surface area contributed by atoms with Crippen molar-refractivity contribution >= 4 is 21.4 Å². The van der Waals surface area contributed by atoms with E-state index < -0.39 is 14.9 Å². The minimum Gasteiger partial charge on any atom is -0.365 e. The summed E-state index contributed by atoms with van der Waals surface area (Å²) in [6, 6.07) is 13.4. The van der Waals surface area contributed by atoms with Crippen LogP contribution in [0, 0.1) is 10.1 Å². The van der Waals surface area contributed by atoms with Crippen LogP contribution >= 0.6 is 0 Å². The lowest BCUT2D eigenvalue weighted by atomic mass is 10.2. The number of nitro groups is 1. The molecule has 0 bridgehead atoms. The normalized spacial score (nSPS) is 11.4. The molecule has 10 heteroatoms. The van der Waals surface area contributed by atoms with E-state index in [1.54, 1.807) is 22.8 Å². The third-order valence-electron chi connectivity index (χ3n) is 4.21. The van der Waals surface area contributed by atoms with E-state index in [2.05, 4.69) is 9.82 Å². The van der Waals surface area contributed by atoms with Crippen molar-refractivity contribution in [3.05, 3.63) is 76.6 Å². The predicted molar refractivity (Wildman–Crippen MR) is 105 cm³/mol. The zero-order chi connectivity index (χ0) is 20.3. The maximum absolute atomic E-state index is 11.9. The van der Waals surface area contributed by atoms with Gasteiger partial charge in [0.05, 0.1) is 21.7 Å². The maximum atomic E-state index is 11.9. The summed E-state index contributed by atoms with van der Waals surface area (Å²) >= 11 is 0. The zero-order valence-corrected chi connectivity index (χ0v) is 16.1. The lowest BCUT2D eigenvalue weighted by Gasteiger charge is -2.18. The number of hydrogen-bond donors (Lipinski definition) is 1. The first-order valence-corrected chi connectivity index (χ1v) is 9.82. The molecular formula is C18H19N5O4S. The maximum Gasteiger partial charge on any atom is 0.293 e. The number of aromatic nitrogens is 2. The van der Waals surface area contributed by atoms with Gasteiger partial charge in [-0.1, -0.05) is 18.2 Å². The second-order valence-corrected chi connectivity index (χ2v) is 7.99. The average Bonchev–Trinajstić information content (AvgIpc) is 3.16. The van der Waals surface area contributed by atoms with E-state index in [1.807, 2.05) is 36.5 Å². The van der Waals surface area contributed by atoms with Gasteiger partial charge >= 0.3 is 0 Å². The summed E-state index contributed by atoms with van der Waals surface area (Å²) in [5, 5.41) is 15.8. The second kappa shape index (κ2) is 7.79. The van der Waals surface area contributed by atoms with Crippen LogP contribution in [0.3, 0.4) is 0 Å². The largest absolute Gasteiger partial charge is 0.365 e. The van der Waals surface area contributed by atoms with E-state index in [1.165, 1.54) is 19.2 Å². The van der Waals surface area contributed by atoms with Gasteiger partial charge in [0.1, 0.15) is 5.69 Å². The SMILES string of the molecule is CNS(=O)(=O)c1ccc(N(C)Cc2cnn(-c3ccccc3)c2)c([N+](=O)[O-])c1. The van der Waals surface area contributed by atoms with Crippen LogP contribution in [-0.4, -0.2) is 37.2 Å². The Kier molecular flexibility index (Phi) is 5.43. The Hall–Kier alpha value is -3.24. The summed E-state index contributed by atoms with van der Waals surface area (Å²) in [5.41, 5.74) is 1.79. The fraction of sp³-hybridized carbons (Fsp3) is 0.167. The first-order valence-electron chi connectivity index (χ1n) is 8.34. The molecule has 0 fully saturated rings. The standard InChI is InChI=1S/C18H19N5O4S/c1-19-28(26,27)16-8-9-17(18(10-16)23(24)25)21(2)12-14-11-20-22(13-14)15-6-4-3-5-7-15/h3-11,13,19H,12H2,1-2H3. The fourth-order valence-corrected chi connectivity index (χ4v) is 3.53. The van der Waals surface area contributed by atoms with Gasteiger partial charge < -0.3 is 4.90 Å². The highest BCUT2D eigenvalue weighted by Crippen LogP contribution is 2.31. The van der Waals surface area contributed by atoms with Crippen LogP contribution in [-0.2, 0) is 16.6 Å². The number of anilines is 1. The van der Waals surface area contributed by atoms with Crippen LogP contribution in [0.1, 0.15) is 5.56 Å². The van der Waals surface area contributed by atoms with Crippen LogP contribution in [0.25, 0.3) is 5.69 Å². The number of nitrogens with zero attached hydrogens (tertiary/aromatic N) is 4. The molecule has 1 N–H and O–H groups in total. The molecule has 0 spiro atoms. The minimum absolute atomic E-state index is 0.157. The molecule has 146 valence electrons. The van der Waals surface area contributed by atoms with E-state index in [0.29, 0.717) is 12.2 Å². The Morgan fingerprint density at radius 2 is 1.93 bits per heavy atom. The van der Waals surface area contributed by atoms with Gasteiger partial charge in [-0.3, -0.25) is 10.1 Å². The van der Waals surface area contributed by atoms with Crippen molar-refractivity contribution in [3.63, 3.8) is 0 Å². The number of hydrogen-bond acceptors (Lipinski definition) is 6. The van der Waals surface area contributed by atoms with E-state index >= 15 is 0 Å². The van der Waals surface area contributed by atoms with E-state index in [0.717, 1.165) is 17.3 Å². The van der Waals surface area contributed by atoms with Crippen LogP contribution in [0.4, 0.5) is 11.4 Å². The van der Waals surface area contributed by atoms with Crippen LogP contribution in [0.5, 0.6) is 0 Å². The summed E-state index contributed by atoms with van der Waals surface area (Å²) in [7, 11) is -0.811. The van der Waals surface area contributed by atoms with Gasteiger partial charge in [-0.15, -0.1) is 0 Å². The Morgan fingerprint density at radius 1 is 1.21 bits per heavy atom. The summed E-state index contributed by atoms with van der Waals surface area (Å²) in [4.78, 5) is 12.4. The first-order chi connectivity index (χ1) is 13.3. The topological polar surface area (TPSA) is 110 Å². The molecule has 9 nitrogen and oxygen atoms in total. The molecule has 28 heavy (non-hydrogen) atoms. The van der Waals surface area contributed by atoms with Gasteiger partial charge in [-0.05, 0) is 31.3 Å². The van der Waals surface area contributed by atoms with Crippen molar-refractivity contribution in [3.8, 4) is 5.69 Å². The van der Waals surface area contributed by atoms with Crippen molar-refractivity contribution in [2.75, 3.05) is 19.0 Å².